The number of aliphatic hydroxyl groups excluding tert-OH is 1. The van der Waals surface area contributed by atoms with Gasteiger partial charge in [-0.1, -0.05) is 32.0 Å². The van der Waals surface area contributed by atoms with Gasteiger partial charge in [-0.3, -0.25) is 9.59 Å². The Morgan fingerprint density at radius 2 is 1.78 bits per heavy atom. The summed E-state index contributed by atoms with van der Waals surface area (Å²) in [6.07, 6.45) is 4.64. The fourth-order valence-electron chi connectivity index (χ4n) is 6.33. The molecule has 2 aromatic rings. The molecule has 45 heavy (non-hydrogen) atoms. The molecule has 10 heteroatoms. The van der Waals surface area contributed by atoms with Gasteiger partial charge in [-0.15, -0.1) is 0 Å². The highest BCUT2D eigenvalue weighted by Crippen LogP contribution is 2.35. The van der Waals surface area contributed by atoms with Gasteiger partial charge in [-0.25, -0.2) is 4.79 Å². The molecule has 2 N–H and O–H groups in total. The van der Waals surface area contributed by atoms with Crippen LogP contribution < -0.4 is 5.32 Å². The van der Waals surface area contributed by atoms with Gasteiger partial charge >= 0.3 is 6.09 Å². The van der Waals surface area contributed by atoms with Gasteiger partial charge in [0.15, 0.2) is 0 Å². The second kappa shape index (κ2) is 15.0. The molecule has 1 saturated heterocycles. The lowest BCUT2D eigenvalue weighted by atomic mass is 9.87. The summed E-state index contributed by atoms with van der Waals surface area (Å²) in [6.45, 7) is 13.5. The first-order chi connectivity index (χ1) is 21.3. The molecule has 0 radical (unpaired) electrons. The summed E-state index contributed by atoms with van der Waals surface area (Å²) in [7, 11) is 1.71. The molecule has 3 amide bonds. The average molecular weight is 627 g/mol. The van der Waals surface area contributed by atoms with Gasteiger partial charge in [-0.2, -0.15) is 0 Å². The number of carbonyl (C=O) groups excluding carboxylic acids is 3. The molecule has 1 saturated carbocycles. The fourth-order valence-corrected chi connectivity index (χ4v) is 6.33. The maximum absolute atomic E-state index is 14.4. The van der Waals surface area contributed by atoms with Crippen molar-refractivity contribution in [2.45, 2.75) is 111 Å². The maximum atomic E-state index is 14.4. The van der Waals surface area contributed by atoms with Crippen molar-refractivity contribution in [2.75, 3.05) is 26.8 Å². The molecule has 1 aliphatic carbocycles. The Balaban J connectivity index is 1.58. The standard InChI is InChI=1S/C35H54N4O6/c1-23(2)17-30(24(3)40)36-32(41)25-18-26(20-38(19-25)34(43)45-35(4,5)6)33(42)39(28-13-14-28)22-27-21-37(15-10-16-44-7)31-12-9-8-11-29(27)31/h8-9,11-12,21,23-26,28,30,40H,10,13-20,22H2,1-7H3,(H,36,41)/t24?,25-,26+,30?/m0/s1. The Hall–Kier alpha value is -3.11. The second-order valence-electron chi connectivity index (χ2n) is 14.4. The van der Waals surface area contributed by atoms with Crippen molar-refractivity contribution in [1.29, 1.82) is 0 Å². The van der Waals surface area contributed by atoms with Gasteiger partial charge in [-0.05, 0) is 77.3 Å². The van der Waals surface area contributed by atoms with Gasteiger partial charge in [0.05, 0.1) is 24.0 Å². The lowest BCUT2D eigenvalue weighted by Crippen LogP contribution is -2.55. The van der Waals surface area contributed by atoms with Crippen molar-refractivity contribution >= 4 is 28.8 Å². The van der Waals surface area contributed by atoms with Gasteiger partial charge in [0, 0.05) is 63.0 Å². The van der Waals surface area contributed by atoms with Crippen LogP contribution in [-0.4, -0.2) is 88.0 Å². The largest absolute Gasteiger partial charge is 0.444 e. The zero-order valence-corrected chi connectivity index (χ0v) is 28.3. The van der Waals surface area contributed by atoms with Crippen LogP contribution in [0.1, 0.15) is 79.2 Å². The zero-order valence-electron chi connectivity index (χ0n) is 28.3. The Kier molecular flexibility index (Phi) is 11.6. The Labute approximate surface area is 268 Å². The number of hydrogen-bond acceptors (Lipinski definition) is 6. The zero-order chi connectivity index (χ0) is 32.9. The number of fused-ring (bicyclic) bond motifs is 1. The number of para-hydroxylation sites is 1. The number of nitrogens with one attached hydrogen (secondary N) is 1. The maximum Gasteiger partial charge on any atom is 0.410 e. The van der Waals surface area contributed by atoms with Gasteiger partial charge in [0.25, 0.3) is 0 Å². The molecule has 1 aliphatic heterocycles. The summed E-state index contributed by atoms with van der Waals surface area (Å²) >= 11 is 0. The number of rotatable bonds is 13. The molecule has 4 atom stereocenters. The number of piperidine rings is 1. The van der Waals surface area contributed by atoms with Crippen molar-refractivity contribution in [3.63, 3.8) is 0 Å². The molecular formula is C35H54N4O6. The number of likely N-dealkylation sites (tertiary alicyclic amines) is 1. The van der Waals surface area contributed by atoms with Crippen molar-refractivity contribution in [1.82, 2.24) is 19.7 Å². The van der Waals surface area contributed by atoms with E-state index in [4.69, 9.17) is 9.47 Å². The lowest BCUT2D eigenvalue weighted by molar-refractivity contribution is -0.141. The molecule has 2 unspecified atom stereocenters. The summed E-state index contributed by atoms with van der Waals surface area (Å²) in [6, 6.07) is 8.00. The van der Waals surface area contributed by atoms with Crippen LogP contribution in [0, 0.1) is 17.8 Å². The molecule has 1 aromatic carbocycles. The number of aromatic nitrogens is 1. The first kappa shape index (κ1) is 34.8. The van der Waals surface area contributed by atoms with Crippen LogP contribution in [-0.2, 0) is 32.2 Å². The van der Waals surface area contributed by atoms with E-state index in [1.807, 2.05) is 30.9 Å². The van der Waals surface area contributed by atoms with Crippen molar-refractivity contribution in [3.8, 4) is 0 Å². The third kappa shape index (κ3) is 9.45. The number of hydrogen-bond donors (Lipinski definition) is 2. The normalized spacial score (nSPS) is 20.2. The molecule has 2 fully saturated rings. The van der Waals surface area contributed by atoms with Crippen LogP contribution in [0.4, 0.5) is 4.79 Å². The van der Waals surface area contributed by atoms with Gasteiger partial charge in [0.1, 0.15) is 5.60 Å². The average Bonchev–Trinajstić information content (AvgIpc) is 3.76. The minimum atomic E-state index is -0.721. The second-order valence-corrected chi connectivity index (χ2v) is 14.4. The summed E-state index contributed by atoms with van der Waals surface area (Å²) in [5.41, 5.74) is 1.51. The van der Waals surface area contributed by atoms with E-state index >= 15 is 0 Å². The van der Waals surface area contributed by atoms with Crippen LogP contribution in [0.25, 0.3) is 10.9 Å². The number of carbonyl (C=O) groups is 3. The highest BCUT2D eigenvalue weighted by atomic mass is 16.6. The van der Waals surface area contributed by atoms with Crippen LogP contribution >= 0.6 is 0 Å². The van der Waals surface area contributed by atoms with E-state index in [2.05, 4.69) is 28.2 Å². The van der Waals surface area contributed by atoms with Crippen LogP contribution in [0.3, 0.4) is 0 Å². The first-order valence-electron chi connectivity index (χ1n) is 16.6. The molecule has 0 spiro atoms. The fraction of sp³-hybridized carbons (Fsp3) is 0.686. The molecule has 2 aliphatic rings. The summed E-state index contributed by atoms with van der Waals surface area (Å²) < 4.78 is 13.2. The SMILES string of the molecule is COCCCn1cc(CN(C(=O)[C@@H]2C[C@H](C(=O)NC(CC(C)C)C(C)O)CN(C(=O)OC(C)(C)C)C2)C2CC2)c2ccccc21. The van der Waals surface area contributed by atoms with Crippen molar-refractivity contribution in [2.24, 2.45) is 17.8 Å². The smallest absolute Gasteiger partial charge is 0.410 e. The molecule has 1 aromatic heterocycles. The number of aliphatic hydroxyl groups is 1. The summed E-state index contributed by atoms with van der Waals surface area (Å²) in [4.78, 5) is 44.8. The number of nitrogens with zero attached hydrogens (tertiary/aromatic N) is 3. The van der Waals surface area contributed by atoms with E-state index in [0.717, 1.165) is 42.3 Å². The molecule has 2 heterocycles. The predicted octanol–water partition coefficient (Wildman–Crippen LogP) is 4.95. The number of benzene rings is 1. The minimum absolute atomic E-state index is 0.0333. The summed E-state index contributed by atoms with van der Waals surface area (Å²) in [5.74, 6) is -1.15. The van der Waals surface area contributed by atoms with E-state index in [9.17, 15) is 19.5 Å². The topological polar surface area (TPSA) is 113 Å². The Morgan fingerprint density at radius 1 is 1.09 bits per heavy atom. The highest BCUT2D eigenvalue weighted by Gasteiger charge is 2.43. The van der Waals surface area contributed by atoms with Crippen molar-refractivity contribution in [3.05, 3.63) is 36.0 Å². The lowest BCUT2D eigenvalue weighted by Gasteiger charge is -2.39. The van der Waals surface area contributed by atoms with Gasteiger partial charge in [0.2, 0.25) is 11.8 Å². The molecule has 250 valence electrons. The van der Waals surface area contributed by atoms with E-state index in [1.165, 1.54) is 4.90 Å². The van der Waals surface area contributed by atoms with Crippen LogP contribution in [0.2, 0.25) is 0 Å². The predicted molar refractivity (Wildman–Crippen MR) is 174 cm³/mol. The van der Waals surface area contributed by atoms with Crippen LogP contribution in [0.15, 0.2) is 30.5 Å². The van der Waals surface area contributed by atoms with E-state index in [-0.39, 0.29) is 36.9 Å². The van der Waals surface area contributed by atoms with E-state index in [1.54, 1.807) is 34.8 Å². The van der Waals surface area contributed by atoms with E-state index in [0.29, 0.717) is 26.0 Å². The summed E-state index contributed by atoms with van der Waals surface area (Å²) in [5, 5.41) is 14.5. The number of methoxy groups -OCH3 is 1. The van der Waals surface area contributed by atoms with Crippen LogP contribution in [0.5, 0.6) is 0 Å². The van der Waals surface area contributed by atoms with Crippen molar-refractivity contribution < 1.29 is 29.0 Å². The molecule has 0 bridgehead atoms. The number of aryl methyl sites for hydroxylation is 1. The molecular weight excluding hydrogens is 572 g/mol. The quantitative estimate of drug-likeness (QED) is 0.304. The number of amides is 3. The third-order valence-corrected chi connectivity index (χ3v) is 8.69. The van der Waals surface area contributed by atoms with Gasteiger partial charge < -0.3 is 34.3 Å². The monoisotopic (exact) mass is 626 g/mol. The minimum Gasteiger partial charge on any atom is -0.444 e. The third-order valence-electron chi connectivity index (χ3n) is 8.69. The molecule has 4 rings (SSSR count). The van der Waals surface area contributed by atoms with E-state index < -0.39 is 35.7 Å². The number of ether oxygens (including phenoxy) is 2. The molecule has 10 nitrogen and oxygen atoms in total. The Morgan fingerprint density at radius 3 is 2.40 bits per heavy atom. The highest BCUT2D eigenvalue weighted by molar-refractivity contribution is 5.87. The first-order valence-corrected chi connectivity index (χ1v) is 16.6. The Bertz CT molecular complexity index is 1310.